The highest BCUT2D eigenvalue weighted by atomic mass is 19.4. The van der Waals surface area contributed by atoms with Crippen molar-refractivity contribution in [3.05, 3.63) is 107 Å². The first-order valence-corrected chi connectivity index (χ1v) is 9.31. The first-order chi connectivity index (χ1) is 14.5. The van der Waals surface area contributed by atoms with E-state index in [4.69, 9.17) is 5.73 Å². The molecular weight excluding hydrogens is 420 g/mol. The van der Waals surface area contributed by atoms with E-state index in [0.717, 1.165) is 24.3 Å². The predicted octanol–water partition coefficient (Wildman–Crippen LogP) is 5.53. The Balaban J connectivity index is 2.29. The first kappa shape index (κ1) is 22.8. The number of hydrogen-bond acceptors (Lipinski definition) is 2. The summed E-state index contributed by atoms with van der Waals surface area (Å²) in [5.41, 5.74) is 0.00487. The topological polar surface area (TPSA) is 46.2 Å². The lowest BCUT2D eigenvalue weighted by molar-refractivity contribution is -0.142. The van der Waals surface area contributed by atoms with Gasteiger partial charge in [0.15, 0.2) is 0 Å². The molecule has 0 bridgehead atoms. The lowest BCUT2D eigenvalue weighted by Crippen LogP contribution is -2.49. The second-order valence-corrected chi connectivity index (χ2v) is 7.15. The van der Waals surface area contributed by atoms with E-state index in [9.17, 15) is 31.4 Å². The normalized spacial score (nSPS) is 13.8. The van der Waals surface area contributed by atoms with Crippen LogP contribution in [0.5, 0.6) is 0 Å². The van der Waals surface area contributed by atoms with Crippen LogP contribution >= 0.6 is 0 Å². The van der Waals surface area contributed by atoms with Crippen LogP contribution in [0.4, 0.5) is 26.3 Å². The number of aliphatic hydroxyl groups is 1. The molecule has 1 unspecified atom stereocenters. The van der Waals surface area contributed by atoms with E-state index in [1.807, 2.05) is 0 Å². The van der Waals surface area contributed by atoms with E-state index < -0.39 is 46.2 Å². The summed E-state index contributed by atoms with van der Waals surface area (Å²) >= 11 is 0. The van der Waals surface area contributed by atoms with Crippen molar-refractivity contribution in [3.63, 3.8) is 0 Å². The Morgan fingerprint density at radius 2 is 0.968 bits per heavy atom. The largest absolute Gasteiger partial charge is 0.416 e. The molecule has 31 heavy (non-hydrogen) atoms. The smallest absolute Gasteiger partial charge is 0.379 e. The second kappa shape index (κ2) is 8.36. The zero-order valence-electron chi connectivity index (χ0n) is 16.1. The number of halogens is 6. The highest BCUT2D eigenvalue weighted by Crippen LogP contribution is 2.45. The molecular formula is C23H19F6NO. The molecule has 1 atom stereocenters. The summed E-state index contributed by atoms with van der Waals surface area (Å²) in [4.78, 5) is 0. The van der Waals surface area contributed by atoms with Gasteiger partial charge >= 0.3 is 12.4 Å². The van der Waals surface area contributed by atoms with Gasteiger partial charge in [-0.3, -0.25) is 0 Å². The molecule has 0 aliphatic heterocycles. The van der Waals surface area contributed by atoms with E-state index in [-0.39, 0.29) is 6.42 Å². The summed E-state index contributed by atoms with van der Waals surface area (Å²) in [6.45, 7) is 0. The summed E-state index contributed by atoms with van der Waals surface area (Å²) in [5.74, 6) is 0. The van der Waals surface area contributed by atoms with Crippen molar-refractivity contribution < 1.29 is 31.4 Å². The number of alkyl halides is 6. The molecule has 0 saturated heterocycles. The van der Waals surface area contributed by atoms with Crippen LogP contribution in [0.3, 0.4) is 0 Å². The molecule has 0 amide bonds. The Labute approximate surface area is 174 Å². The zero-order valence-corrected chi connectivity index (χ0v) is 16.1. The highest BCUT2D eigenvalue weighted by molar-refractivity contribution is 5.48. The minimum absolute atomic E-state index is 0.157. The van der Waals surface area contributed by atoms with Gasteiger partial charge in [-0.15, -0.1) is 0 Å². The molecule has 3 N–H and O–H groups in total. The van der Waals surface area contributed by atoms with Gasteiger partial charge in [0, 0.05) is 17.2 Å². The van der Waals surface area contributed by atoms with Crippen LogP contribution in [0.1, 0.15) is 27.8 Å². The van der Waals surface area contributed by atoms with Crippen molar-refractivity contribution in [1.82, 2.24) is 0 Å². The Bertz CT molecular complexity index is 972. The van der Waals surface area contributed by atoms with Crippen LogP contribution in [0, 0.1) is 0 Å². The third kappa shape index (κ3) is 4.60. The van der Waals surface area contributed by atoms with E-state index in [1.54, 1.807) is 30.3 Å². The molecule has 164 valence electrons. The van der Waals surface area contributed by atoms with Gasteiger partial charge in [-0.25, -0.2) is 0 Å². The van der Waals surface area contributed by atoms with E-state index >= 15 is 0 Å². The standard InChI is InChI=1S/C23H19F6NO/c24-22(25,26)18-12-6-4-10-16(18)21(31,20(30)14-15-8-2-1-3-9-15)17-11-5-7-13-19(17)23(27,28)29/h1-13,20,31H,14,30H2. The van der Waals surface area contributed by atoms with Gasteiger partial charge in [-0.2, -0.15) is 26.3 Å². The minimum Gasteiger partial charge on any atom is -0.379 e. The quantitative estimate of drug-likeness (QED) is 0.514. The van der Waals surface area contributed by atoms with Crippen LogP contribution in [-0.4, -0.2) is 11.1 Å². The maximum absolute atomic E-state index is 13.7. The Kier molecular flexibility index (Phi) is 6.16. The SMILES string of the molecule is NC(Cc1ccccc1)C(O)(c1ccccc1C(F)(F)F)c1ccccc1C(F)(F)F. The fraction of sp³-hybridized carbons (Fsp3) is 0.217. The van der Waals surface area contributed by atoms with E-state index in [1.165, 1.54) is 12.1 Å². The fourth-order valence-corrected chi connectivity index (χ4v) is 3.69. The van der Waals surface area contributed by atoms with Crippen molar-refractivity contribution in [3.8, 4) is 0 Å². The average Bonchev–Trinajstić information content (AvgIpc) is 2.72. The summed E-state index contributed by atoms with van der Waals surface area (Å²) in [5, 5.41) is 11.6. The van der Waals surface area contributed by atoms with Crippen LogP contribution in [0.15, 0.2) is 78.9 Å². The summed E-state index contributed by atoms with van der Waals surface area (Å²) in [6, 6.07) is 14.8. The zero-order chi connectivity index (χ0) is 22.9. The van der Waals surface area contributed by atoms with Crippen molar-refractivity contribution in [2.75, 3.05) is 0 Å². The van der Waals surface area contributed by atoms with Crippen molar-refractivity contribution >= 4 is 0 Å². The van der Waals surface area contributed by atoms with Crippen molar-refractivity contribution in [2.45, 2.75) is 30.4 Å². The lowest BCUT2D eigenvalue weighted by atomic mass is 9.74. The van der Waals surface area contributed by atoms with E-state index in [0.29, 0.717) is 17.7 Å². The molecule has 0 radical (unpaired) electrons. The molecule has 3 rings (SSSR count). The minimum atomic E-state index is -4.91. The second-order valence-electron chi connectivity index (χ2n) is 7.15. The van der Waals surface area contributed by atoms with Crippen molar-refractivity contribution in [1.29, 1.82) is 0 Å². The molecule has 0 fully saturated rings. The Morgan fingerprint density at radius 3 is 1.35 bits per heavy atom. The summed E-state index contributed by atoms with van der Waals surface area (Å²) < 4.78 is 82.5. The maximum atomic E-state index is 13.7. The predicted molar refractivity (Wildman–Crippen MR) is 104 cm³/mol. The highest BCUT2D eigenvalue weighted by Gasteiger charge is 2.48. The van der Waals surface area contributed by atoms with Gasteiger partial charge in [-0.05, 0) is 24.1 Å². The molecule has 0 aliphatic rings. The number of hydrogen-bond donors (Lipinski definition) is 2. The number of benzene rings is 3. The molecule has 0 spiro atoms. The van der Waals surface area contributed by atoms with Gasteiger partial charge < -0.3 is 10.8 Å². The van der Waals surface area contributed by atoms with Crippen LogP contribution in [0.25, 0.3) is 0 Å². The molecule has 0 aliphatic carbocycles. The van der Waals surface area contributed by atoms with Gasteiger partial charge in [0.1, 0.15) is 5.60 Å². The summed E-state index contributed by atoms with van der Waals surface area (Å²) in [6.07, 6.45) is -9.98. The molecule has 0 aromatic heterocycles. The van der Waals surface area contributed by atoms with Gasteiger partial charge in [-0.1, -0.05) is 66.7 Å². The summed E-state index contributed by atoms with van der Waals surface area (Å²) in [7, 11) is 0. The third-order valence-corrected chi connectivity index (χ3v) is 5.12. The van der Waals surface area contributed by atoms with Crippen LogP contribution < -0.4 is 5.73 Å². The van der Waals surface area contributed by atoms with Gasteiger partial charge in [0.2, 0.25) is 0 Å². The van der Waals surface area contributed by atoms with Gasteiger partial charge in [0.25, 0.3) is 0 Å². The Hall–Kier alpha value is -2.84. The molecule has 2 nitrogen and oxygen atoms in total. The lowest BCUT2D eigenvalue weighted by Gasteiger charge is -2.38. The first-order valence-electron chi connectivity index (χ1n) is 9.31. The monoisotopic (exact) mass is 439 g/mol. The third-order valence-electron chi connectivity index (χ3n) is 5.12. The average molecular weight is 439 g/mol. The van der Waals surface area contributed by atoms with Crippen LogP contribution in [0.2, 0.25) is 0 Å². The Morgan fingerprint density at radius 1 is 0.613 bits per heavy atom. The molecule has 3 aromatic carbocycles. The van der Waals surface area contributed by atoms with Crippen LogP contribution in [-0.2, 0) is 24.4 Å². The number of nitrogens with two attached hydrogens (primary N) is 1. The molecule has 8 heteroatoms. The fourth-order valence-electron chi connectivity index (χ4n) is 3.69. The maximum Gasteiger partial charge on any atom is 0.416 e. The van der Waals surface area contributed by atoms with E-state index in [2.05, 4.69) is 0 Å². The van der Waals surface area contributed by atoms with Crippen molar-refractivity contribution in [2.24, 2.45) is 5.73 Å². The number of rotatable bonds is 5. The molecule has 0 saturated carbocycles. The van der Waals surface area contributed by atoms with Gasteiger partial charge in [0.05, 0.1) is 11.1 Å². The molecule has 0 heterocycles. The molecule has 3 aromatic rings.